The summed E-state index contributed by atoms with van der Waals surface area (Å²) in [7, 11) is 1.59. The normalized spacial score (nSPS) is 16.9. The van der Waals surface area contributed by atoms with Crippen LogP contribution in [0.4, 0.5) is 4.39 Å². The predicted molar refractivity (Wildman–Crippen MR) is 141 cm³/mol. The van der Waals surface area contributed by atoms with Gasteiger partial charge in [0, 0.05) is 35.7 Å². The van der Waals surface area contributed by atoms with E-state index in [0.717, 1.165) is 49.7 Å². The molecule has 188 valence electrons. The van der Waals surface area contributed by atoms with E-state index in [2.05, 4.69) is 14.9 Å². The molecule has 0 aliphatic carbocycles. The number of likely N-dealkylation sites (tertiary alicyclic amines) is 1. The zero-order valence-corrected chi connectivity index (χ0v) is 21.7. The summed E-state index contributed by atoms with van der Waals surface area (Å²) in [6, 6.07) is 11.4. The Morgan fingerprint density at radius 1 is 1.23 bits per heavy atom. The molecule has 0 radical (unpaired) electrons. The lowest BCUT2D eigenvalue weighted by Gasteiger charge is -2.41. The second-order valence-electron chi connectivity index (χ2n) is 9.28. The van der Waals surface area contributed by atoms with E-state index in [1.165, 1.54) is 6.20 Å². The van der Waals surface area contributed by atoms with E-state index in [4.69, 9.17) is 16.3 Å². The van der Waals surface area contributed by atoms with Crippen LogP contribution in [0.2, 0.25) is 5.02 Å². The highest BCUT2D eigenvalue weighted by Gasteiger charge is 2.35. The third-order valence-corrected chi connectivity index (χ3v) is 8.40. The van der Waals surface area contributed by atoms with Crippen LogP contribution in [0.3, 0.4) is 0 Å². The van der Waals surface area contributed by atoms with Gasteiger partial charge >= 0.3 is 0 Å². The third kappa shape index (κ3) is 6.64. The number of hydrogen-bond donors (Lipinski definition) is 1. The molecular weight excluding hydrogens is 485 g/mol. The first-order chi connectivity index (χ1) is 17.0. The first kappa shape index (κ1) is 26.1. The Morgan fingerprint density at radius 3 is 2.77 bits per heavy atom. The Hall–Kier alpha value is -1.93. The molecule has 0 bridgehead atoms. The summed E-state index contributed by atoms with van der Waals surface area (Å²) >= 11 is 8.18. The molecule has 0 amide bonds. The second kappa shape index (κ2) is 12.3. The van der Waals surface area contributed by atoms with E-state index < -0.39 is 6.17 Å². The summed E-state index contributed by atoms with van der Waals surface area (Å²) < 4.78 is 20.9. The lowest BCUT2D eigenvalue weighted by Crippen LogP contribution is -2.42. The van der Waals surface area contributed by atoms with E-state index in [0.29, 0.717) is 40.1 Å². The Bertz CT molecular complexity index is 1100. The molecule has 1 N–H and O–H groups in total. The number of pyridine rings is 2. The van der Waals surface area contributed by atoms with Gasteiger partial charge in [0.2, 0.25) is 0 Å². The summed E-state index contributed by atoms with van der Waals surface area (Å²) in [5, 5.41) is 12.3. The number of rotatable bonds is 11. The number of nitrogens with zero attached hydrogens (tertiary/aromatic N) is 3. The lowest BCUT2D eigenvalue weighted by molar-refractivity contribution is 0.0304. The number of ether oxygens (including phenoxy) is 1. The van der Waals surface area contributed by atoms with E-state index in [1.807, 2.05) is 36.5 Å². The standard InChI is InChI=1S/C27H33ClFN3O2S/c1-34-20-6-7-24-21(17-20)26(22(28)18-31-24)23(29)8-9-27(19-33)10-14-32(15-11-27)13-4-16-35-25-5-2-3-12-30-25/h2-3,5-7,12,17-18,23,33H,4,8-11,13-16,19H2,1H3/t23-/m0/s1. The molecule has 0 spiro atoms. The number of alkyl halides is 1. The molecule has 1 aromatic carbocycles. The number of thioether (sulfide) groups is 1. The SMILES string of the molecule is COc1ccc2ncc(Cl)c([C@@H](F)CCC3(CO)CCN(CCCSc4ccccn4)CC3)c2c1. The molecule has 1 saturated heterocycles. The van der Waals surface area contributed by atoms with Gasteiger partial charge in [-0.2, -0.15) is 0 Å². The molecule has 4 rings (SSSR count). The van der Waals surface area contributed by atoms with Crippen LogP contribution in [-0.4, -0.2) is 59.1 Å². The quantitative estimate of drug-likeness (QED) is 0.236. The Morgan fingerprint density at radius 2 is 2.06 bits per heavy atom. The summed E-state index contributed by atoms with van der Waals surface area (Å²) in [6.07, 6.45) is 5.90. The average molecular weight is 518 g/mol. The van der Waals surface area contributed by atoms with Gasteiger partial charge in [-0.15, -0.1) is 11.8 Å². The van der Waals surface area contributed by atoms with Gasteiger partial charge < -0.3 is 14.7 Å². The van der Waals surface area contributed by atoms with Crippen LogP contribution < -0.4 is 4.74 Å². The molecule has 0 unspecified atom stereocenters. The molecule has 1 aliphatic rings. The van der Waals surface area contributed by atoms with E-state index >= 15 is 4.39 Å². The summed E-state index contributed by atoms with van der Waals surface area (Å²) in [6.45, 7) is 2.99. The number of methoxy groups -OCH3 is 1. The number of fused-ring (bicyclic) bond motifs is 1. The van der Waals surface area contributed by atoms with E-state index in [1.54, 1.807) is 24.9 Å². The van der Waals surface area contributed by atoms with Gasteiger partial charge in [0.15, 0.2) is 0 Å². The zero-order valence-electron chi connectivity index (χ0n) is 20.1. The van der Waals surface area contributed by atoms with Gasteiger partial charge in [-0.25, -0.2) is 9.37 Å². The van der Waals surface area contributed by atoms with Crippen LogP contribution in [0, 0.1) is 5.41 Å². The molecule has 1 fully saturated rings. The number of aliphatic hydroxyl groups excluding tert-OH is 1. The lowest BCUT2D eigenvalue weighted by atomic mass is 9.74. The fraction of sp³-hybridized carbons (Fsp3) is 0.481. The number of piperidine rings is 1. The van der Waals surface area contributed by atoms with Gasteiger partial charge in [0.05, 0.1) is 22.7 Å². The predicted octanol–water partition coefficient (Wildman–Crippen LogP) is 6.34. The largest absolute Gasteiger partial charge is 0.497 e. The number of hydrogen-bond acceptors (Lipinski definition) is 6. The van der Waals surface area contributed by atoms with Crippen molar-refractivity contribution in [3.63, 3.8) is 0 Å². The van der Waals surface area contributed by atoms with Gasteiger partial charge in [-0.1, -0.05) is 17.7 Å². The minimum Gasteiger partial charge on any atom is -0.497 e. The van der Waals surface area contributed by atoms with Gasteiger partial charge in [0.1, 0.15) is 11.9 Å². The zero-order chi connectivity index (χ0) is 24.7. The van der Waals surface area contributed by atoms with Gasteiger partial charge in [0.25, 0.3) is 0 Å². The molecule has 2 aromatic heterocycles. The minimum atomic E-state index is -1.23. The van der Waals surface area contributed by atoms with Crippen LogP contribution in [0.1, 0.15) is 43.8 Å². The number of halogens is 2. The first-order valence-corrected chi connectivity index (χ1v) is 13.5. The maximum absolute atomic E-state index is 15.6. The molecule has 35 heavy (non-hydrogen) atoms. The third-order valence-electron chi connectivity index (χ3n) is 7.07. The van der Waals surface area contributed by atoms with Crippen LogP contribution in [-0.2, 0) is 0 Å². The van der Waals surface area contributed by atoms with Gasteiger partial charge in [-0.05, 0) is 87.5 Å². The maximum atomic E-state index is 15.6. The first-order valence-electron chi connectivity index (χ1n) is 12.2. The van der Waals surface area contributed by atoms with Crippen LogP contribution in [0.25, 0.3) is 10.9 Å². The minimum absolute atomic E-state index is 0.0851. The molecule has 0 saturated carbocycles. The molecule has 1 atom stereocenters. The van der Waals surface area contributed by atoms with Crippen LogP contribution in [0.15, 0.2) is 53.8 Å². The molecule has 8 heteroatoms. The van der Waals surface area contributed by atoms with Gasteiger partial charge in [-0.3, -0.25) is 4.98 Å². The van der Waals surface area contributed by atoms with Crippen molar-refractivity contribution < 1.29 is 14.2 Å². The molecule has 1 aliphatic heterocycles. The summed E-state index contributed by atoms with van der Waals surface area (Å²) in [4.78, 5) is 11.1. The van der Waals surface area contributed by atoms with Crippen molar-refractivity contribution in [2.75, 3.05) is 39.1 Å². The fourth-order valence-corrected chi connectivity index (χ4v) is 5.89. The average Bonchev–Trinajstić information content (AvgIpc) is 2.90. The van der Waals surface area contributed by atoms with Crippen LogP contribution in [0.5, 0.6) is 5.75 Å². The molecule has 5 nitrogen and oxygen atoms in total. The van der Waals surface area contributed by atoms with Crippen molar-refractivity contribution in [1.29, 1.82) is 0 Å². The topological polar surface area (TPSA) is 58.5 Å². The highest BCUT2D eigenvalue weighted by molar-refractivity contribution is 7.99. The van der Waals surface area contributed by atoms with Crippen LogP contribution >= 0.6 is 23.4 Å². The number of aromatic nitrogens is 2. The van der Waals surface area contributed by atoms with Crippen molar-refractivity contribution in [2.45, 2.75) is 43.3 Å². The second-order valence-corrected chi connectivity index (χ2v) is 10.8. The van der Waals surface area contributed by atoms with Crippen molar-refractivity contribution in [3.8, 4) is 5.75 Å². The molecular formula is C27H33ClFN3O2S. The maximum Gasteiger partial charge on any atom is 0.127 e. The monoisotopic (exact) mass is 517 g/mol. The van der Waals surface area contributed by atoms with E-state index in [-0.39, 0.29) is 12.0 Å². The molecule has 3 heterocycles. The Kier molecular flexibility index (Phi) is 9.22. The summed E-state index contributed by atoms with van der Waals surface area (Å²) in [5.74, 6) is 1.68. The highest BCUT2D eigenvalue weighted by Crippen LogP contribution is 2.41. The van der Waals surface area contributed by atoms with Crippen molar-refractivity contribution in [3.05, 3.63) is 59.4 Å². The Balaban J connectivity index is 1.30. The smallest absolute Gasteiger partial charge is 0.127 e. The van der Waals surface area contributed by atoms with Crippen molar-refractivity contribution in [2.24, 2.45) is 5.41 Å². The Labute approximate surface area is 216 Å². The fourth-order valence-electron chi connectivity index (χ4n) is 4.83. The highest BCUT2D eigenvalue weighted by atomic mass is 35.5. The number of aliphatic hydroxyl groups is 1. The molecule has 3 aromatic rings. The van der Waals surface area contributed by atoms with Crippen molar-refractivity contribution in [1.82, 2.24) is 14.9 Å². The van der Waals surface area contributed by atoms with E-state index in [9.17, 15) is 5.11 Å². The number of benzene rings is 1. The summed E-state index contributed by atoms with van der Waals surface area (Å²) in [5.41, 5.74) is 0.919. The van der Waals surface area contributed by atoms with Crippen molar-refractivity contribution >= 4 is 34.3 Å².